The first kappa shape index (κ1) is 15.4. The fourth-order valence-electron chi connectivity index (χ4n) is 1.73. The van der Waals surface area contributed by atoms with Gasteiger partial charge in [-0.25, -0.2) is 0 Å². The standard InChI is InChI=1S/C12H27N3O/c1-11(2,3)9-15(5)8-6-7-12(4,14)10(13)16/h6-9,14H2,1-5H3,(H2,13,16). The van der Waals surface area contributed by atoms with Crippen LogP contribution in [-0.4, -0.2) is 36.5 Å². The highest BCUT2D eigenvalue weighted by atomic mass is 16.1. The molecule has 0 aromatic rings. The number of rotatable bonds is 6. The molecule has 0 aliphatic heterocycles. The Bertz CT molecular complexity index is 231. The van der Waals surface area contributed by atoms with Crippen LogP contribution in [-0.2, 0) is 4.79 Å². The number of carbonyl (C=O) groups is 1. The van der Waals surface area contributed by atoms with E-state index in [0.717, 1.165) is 19.5 Å². The minimum Gasteiger partial charge on any atom is -0.368 e. The van der Waals surface area contributed by atoms with E-state index in [1.165, 1.54) is 0 Å². The van der Waals surface area contributed by atoms with Crippen molar-refractivity contribution in [2.75, 3.05) is 20.1 Å². The van der Waals surface area contributed by atoms with Crippen LogP contribution in [0.2, 0.25) is 0 Å². The number of primary amides is 1. The van der Waals surface area contributed by atoms with Crippen LogP contribution in [0.3, 0.4) is 0 Å². The quantitative estimate of drug-likeness (QED) is 0.712. The second kappa shape index (κ2) is 5.64. The molecule has 0 rings (SSSR count). The van der Waals surface area contributed by atoms with E-state index in [1.807, 2.05) is 0 Å². The molecule has 0 aliphatic carbocycles. The highest BCUT2D eigenvalue weighted by molar-refractivity contribution is 5.83. The number of nitrogens with two attached hydrogens (primary N) is 2. The fraction of sp³-hybridized carbons (Fsp3) is 0.917. The summed E-state index contributed by atoms with van der Waals surface area (Å²) in [5.74, 6) is -0.425. The number of nitrogens with zero attached hydrogens (tertiary/aromatic N) is 1. The van der Waals surface area contributed by atoms with Crippen LogP contribution in [0.4, 0.5) is 0 Å². The van der Waals surface area contributed by atoms with E-state index in [4.69, 9.17) is 11.5 Å². The largest absolute Gasteiger partial charge is 0.368 e. The van der Waals surface area contributed by atoms with Crippen LogP contribution in [0.5, 0.6) is 0 Å². The van der Waals surface area contributed by atoms with Gasteiger partial charge in [0, 0.05) is 6.54 Å². The Hall–Kier alpha value is -0.610. The van der Waals surface area contributed by atoms with Gasteiger partial charge in [-0.15, -0.1) is 0 Å². The monoisotopic (exact) mass is 229 g/mol. The maximum atomic E-state index is 11.0. The van der Waals surface area contributed by atoms with Crippen molar-refractivity contribution in [1.82, 2.24) is 4.90 Å². The number of carbonyl (C=O) groups excluding carboxylic acids is 1. The van der Waals surface area contributed by atoms with Gasteiger partial charge in [0.15, 0.2) is 0 Å². The summed E-state index contributed by atoms with van der Waals surface area (Å²) < 4.78 is 0. The minimum absolute atomic E-state index is 0.296. The number of hydrogen-bond acceptors (Lipinski definition) is 3. The summed E-state index contributed by atoms with van der Waals surface area (Å²) in [4.78, 5) is 13.3. The van der Waals surface area contributed by atoms with Crippen molar-refractivity contribution >= 4 is 5.91 Å². The summed E-state index contributed by atoms with van der Waals surface area (Å²) >= 11 is 0. The maximum Gasteiger partial charge on any atom is 0.237 e. The highest BCUT2D eigenvalue weighted by Crippen LogP contribution is 2.15. The third-order valence-corrected chi connectivity index (χ3v) is 2.54. The summed E-state index contributed by atoms with van der Waals surface area (Å²) in [6.45, 7) is 10.3. The van der Waals surface area contributed by atoms with E-state index in [2.05, 4.69) is 32.7 Å². The molecule has 4 heteroatoms. The average Bonchev–Trinajstić information content (AvgIpc) is 1.99. The minimum atomic E-state index is -0.872. The van der Waals surface area contributed by atoms with Gasteiger partial charge in [0.2, 0.25) is 5.91 Å². The molecular weight excluding hydrogens is 202 g/mol. The molecular formula is C12H27N3O. The third-order valence-electron chi connectivity index (χ3n) is 2.54. The Labute approximate surface area is 99.4 Å². The molecule has 0 heterocycles. The zero-order chi connectivity index (χ0) is 13.0. The second-order valence-electron chi connectivity index (χ2n) is 6.18. The van der Waals surface area contributed by atoms with E-state index in [0.29, 0.717) is 11.8 Å². The van der Waals surface area contributed by atoms with E-state index < -0.39 is 11.4 Å². The third kappa shape index (κ3) is 6.80. The topological polar surface area (TPSA) is 72.3 Å². The first-order valence-electron chi connectivity index (χ1n) is 5.82. The van der Waals surface area contributed by atoms with E-state index in [1.54, 1.807) is 6.92 Å². The van der Waals surface area contributed by atoms with E-state index in [9.17, 15) is 4.79 Å². The Balaban J connectivity index is 3.87. The summed E-state index contributed by atoms with van der Waals surface area (Å²) in [5.41, 5.74) is 10.4. The van der Waals surface area contributed by atoms with Crippen LogP contribution in [0.1, 0.15) is 40.5 Å². The van der Waals surface area contributed by atoms with E-state index in [-0.39, 0.29) is 0 Å². The summed E-state index contributed by atoms with van der Waals surface area (Å²) in [5, 5.41) is 0. The molecule has 0 saturated heterocycles. The summed E-state index contributed by atoms with van der Waals surface area (Å²) in [7, 11) is 2.09. The summed E-state index contributed by atoms with van der Waals surface area (Å²) in [6.07, 6.45) is 1.53. The molecule has 16 heavy (non-hydrogen) atoms. The molecule has 1 atom stereocenters. The Morgan fingerprint density at radius 1 is 1.25 bits per heavy atom. The first-order chi connectivity index (χ1) is 7.04. The lowest BCUT2D eigenvalue weighted by Gasteiger charge is -2.27. The Morgan fingerprint density at radius 3 is 2.12 bits per heavy atom. The second-order valence-corrected chi connectivity index (χ2v) is 6.18. The normalized spacial score (nSPS) is 16.2. The van der Waals surface area contributed by atoms with Crippen LogP contribution < -0.4 is 11.5 Å². The molecule has 96 valence electrons. The van der Waals surface area contributed by atoms with Gasteiger partial charge in [0.05, 0.1) is 5.54 Å². The average molecular weight is 229 g/mol. The van der Waals surface area contributed by atoms with Crippen LogP contribution in [0.15, 0.2) is 0 Å². The molecule has 0 bridgehead atoms. The first-order valence-corrected chi connectivity index (χ1v) is 5.82. The molecule has 4 N–H and O–H groups in total. The Kier molecular flexibility index (Phi) is 5.42. The van der Waals surface area contributed by atoms with Gasteiger partial charge in [-0.05, 0) is 38.8 Å². The lowest BCUT2D eigenvalue weighted by Crippen LogP contribution is -2.49. The molecule has 0 radical (unpaired) electrons. The SMILES string of the molecule is CN(CCCC(C)(N)C(N)=O)CC(C)(C)C. The predicted molar refractivity (Wildman–Crippen MR) is 68.0 cm³/mol. The van der Waals surface area contributed by atoms with Crippen LogP contribution in [0, 0.1) is 5.41 Å². The van der Waals surface area contributed by atoms with Crippen LogP contribution in [0.25, 0.3) is 0 Å². The van der Waals surface area contributed by atoms with Crippen molar-refractivity contribution in [2.45, 2.75) is 46.1 Å². The van der Waals surface area contributed by atoms with Gasteiger partial charge in [-0.3, -0.25) is 4.79 Å². The Morgan fingerprint density at radius 2 is 1.75 bits per heavy atom. The zero-order valence-corrected chi connectivity index (χ0v) is 11.3. The van der Waals surface area contributed by atoms with Gasteiger partial charge < -0.3 is 16.4 Å². The number of hydrogen-bond donors (Lipinski definition) is 2. The smallest absolute Gasteiger partial charge is 0.237 e. The van der Waals surface area contributed by atoms with Gasteiger partial charge in [0.25, 0.3) is 0 Å². The molecule has 0 aliphatic rings. The fourth-order valence-corrected chi connectivity index (χ4v) is 1.73. The molecule has 0 saturated carbocycles. The maximum absolute atomic E-state index is 11.0. The van der Waals surface area contributed by atoms with Crippen molar-refractivity contribution in [1.29, 1.82) is 0 Å². The molecule has 0 fully saturated rings. The zero-order valence-electron chi connectivity index (χ0n) is 11.3. The van der Waals surface area contributed by atoms with Gasteiger partial charge in [-0.1, -0.05) is 20.8 Å². The predicted octanol–water partition coefficient (Wildman–Crippen LogP) is 0.947. The molecule has 4 nitrogen and oxygen atoms in total. The molecule has 0 spiro atoms. The van der Waals surface area contributed by atoms with Crippen molar-refractivity contribution in [3.05, 3.63) is 0 Å². The lowest BCUT2D eigenvalue weighted by molar-refractivity contribution is -0.122. The molecule has 0 aromatic heterocycles. The highest BCUT2D eigenvalue weighted by Gasteiger charge is 2.25. The van der Waals surface area contributed by atoms with Gasteiger partial charge >= 0.3 is 0 Å². The molecule has 0 aromatic carbocycles. The molecule has 1 unspecified atom stereocenters. The van der Waals surface area contributed by atoms with Crippen molar-refractivity contribution in [3.63, 3.8) is 0 Å². The van der Waals surface area contributed by atoms with Gasteiger partial charge in [-0.2, -0.15) is 0 Å². The van der Waals surface area contributed by atoms with E-state index >= 15 is 0 Å². The van der Waals surface area contributed by atoms with Crippen LogP contribution >= 0.6 is 0 Å². The summed E-state index contributed by atoms with van der Waals surface area (Å²) in [6, 6.07) is 0. The van der Waals surface area contributed by atoms with Crippen molar-refractivity contribution in [3.8, 4) is 0 Å². The number of amides is 1. The van der Waals surface area contributed by atoms with Gasteiger partial charge in [0.1, 0.15) is 0 Å². The molecule has 1 amide bonds. The van der Waals surface area contributed by atoms with Crippen molar-refractivity contribution in [2.24, 2.45) is 16.9 Å². The van der Waals surface area contributed by atoms with Crippen molar-refractivity contribution < 1.29 is 4.79 Å². The lowest BCUT2D eigenvalue weighted by atomic mass is 9.94.